The van der Waals surface area contributed by atoms with Gasteiger partial charge in [0.25, 0.3) is 0 Å². The zero-order chi connectivity index (χ0) is 9.31. The van der Waals surface area contributed by atoms with Gasteiger partial charge in [-0.3, -0.25) is 0 Å². The molecule has 4 nitrogen and oxygen atoms in total. The van der Waals surface area contributed by atoms with E-state index in [0.29, 0.717) is 11.5 Å². The summed E-state index contributed by atoms with van der Waals surface area (Å²) in [5.74, 6) is 0.335. The lowest BCUT2D eigenvalue weighted by molar-refractivity contribution is 0.536. The van der Waals surface area contributed by atoms with E-state index in [0.717, 1.165) is 12.1 Å². The van der Waals surface area contributed by atoms with Crippen molar-refractivity contribution in [3.63, 3.8) is 0 Å². The van der Waals surface area contributed by atoms with E-state index < -0.39 is 0 Å². The molecule has 0 aromatic carbocycles. The summed E-state index contributed by atoms with van der Waals surface area (Å²) in [4.78, 5) is 7.85. The Bertz CT molecular complexity index is 289. The fraction of sp³-hybridized carbons (Fsp3) is 0.556. The molecular weight excluding hydrogens is 164 g/mol. The molecule has 70 valence electrons. The van der Waals surface area contributed by atoms with Gasteiger partial charge in [0.15, 0.2) is 0 Å². The number of aromatic nitrogens is 2. The number of nitrogen functional groups attached to an aromatic ring is 1. The van der Waals surface area contributed by atoms with Crippen molar-refractivity contribution in [3.8, 4) is 0 Å². The molecular formula is C9H14N4. The Morgan fingerprint density at radius 3 is 2.62 bits per heavy atom. The molecule has 13 heavy (non-hydrogen) atoms. The van der Waals surface area contributed by atoms with Crippen molar-refractivity contribution in [1.29, 1.82) is 0 Å². The maximum absolute atomic E-state index is 5.38. The molecule has 0 saturated heterocycles. The third-order valence-corrected chi connectivity index (χ3v) is 2.44. The summed E-state index contributed by atoms with van der Waals surface area (Å²) in [6.07, 6.45) is 6.06. The number of nitrogens with zero attached hydrogens (tertiary/aromatic N) is 2. The summed E-state index contributed by atoms with van der Waals surface area (Å²) in [6.45, 7) is 3.06. The van der Waals surface area contributed by atoms with Gasteiger partial charge in [-0.25, -0.2) is 9.97 Å². The summed E-state index contributed by atoms with van der Waals surface area (Å²) in [5, 5.41) is 3.45. The molecule has 1 aromatic rings. The lowest BCUT2D eigenvalue weighted by atomic mass is 10.3. The topological polar surface area (TPSA) is 63.8 Å². The maximum atomic E-state index is 5.38. The Kier molecular flexibility index (Phi) is 1.92. The smallest absolute Gasteiger partial charge is 0.219 e. The molecule has 3 N–H and O–H groups in total. The Labute approximate surface area is 77.6 Å². The van der Waals surface area contributed by atoms with Gasteiger partial charge in [0.2, 0.25) is 5.95 Å². The van der Waals surface area contributed by atoms with Crippen molar-refractivity contribution >= 4 is 5.95 Å². The van der Waals surface area contributed by atoms with Gasteiger partial charge in [-0.2, -0.15) is 0 Å². The van der Waals surface area contributed by atoms with E-state index >= 15 is 0 Å². The minimum atomic E-state index is 0.335. The van der Waals surface area contributed by atoms with Gasteiger partial charge in [-0.05, 0) is 19.8 Å². The first kappa shape index (κ1) is 8.44. The molecule has 0 bridgehead atoms. The third kappa shape index (κ3) is 2.15. The Morgan fingerprint density at radius 2 is 2.08 bits per heavy atom. The van der Waals surface area contributed by atoms with E-state index in [1.54, 1.807) is 12.4 Å². The second-order valence-corrected chi connectivity index (χ2v) is 3.86. The minimum Gasteiger partial charge on any atom is -0.368 e. The Morgan fingerprint density at radius 1 is 1.46 bits per heavy atom. The molecule has 2 rings (SSSR count). The predicted molar refractivity (Wildman–Crippen MR) is 50.9 cm³/mol. The van der Waals surface area contributed by atoms with E-state index in [4.69, 9.17) is 5.73 Å². The van der Waals surface area contributed by atoms with E-state index in [9.17, 15) is 0 Å². The highest BCUT2D eigenvalue weighted by Crippen LogP contribution is 2.34. The van der Waals surface area contributed by atoms with Gasteiger partial charge in [-0.1, -0.05) is 0 Å². The largest absolute Gasteiger partial charge is 0.368 e. The van der Waals surface area contributed by atoms with Gasteiger partial charge >= 0.3 is 0 Å². The number of anilines is 1. The number of rotatable bonds is 3. The fourth-order valence-electron chi connectivity index (χ4n) is 1.14. The summed E-state index contributed by atoms with van der Waals surface area (Å²) in [7, 11) is 0. The van der Waals surface area contributed by atoms with Crippen LogP contribution in [0.1, 0.15) is 25.3 Å². The Hall–Kier alpha value is -1.16. The van der Waals surface area contributed by atoms with E-state index in [-0.39, 0.29) is 0 Å². The van der Waals surface area contributed by atoms with Crippen LogP contribution in [0.3, 0.4) is 0 Å². The van der Waals surface area contributed by atoms with Gasteiger partial charge in [-0.15, -0.1) is 0 Å². The molecule has 0 spiro atoms. The fourth-order valence-corrected chi connectivity index (χ4v) is 1.14. The molecule has 0 aliphatic heterocycles. The first-order valence-corrected chi connectivity index (χ1v) is 4.49. The normalized spacial score (nSPS) is 18.5. The molecule has 1 aromatic heterocycles. The van der Waals surface area contributed by atoms with Crippen molar-refractivity contribution in [1.82, 2.24) is 15.3 Å². The molecule has 0 atom stereocenters. The van der Waals surface area contributed by atoms with Crippen LogP contribution in [0.4, 0.5) is 5.95 Å². The van der Waals surface area contributed by atoms with Crippen molar-refractivity contribution in [2.24, 2.45) is 0 Å². The van der Waals surface area contributed by atoms with Crippen LogP contribution >= 0.6 is 0 Å². The average molecular weight is 178 g/mol. The highest BCUT2D eigenvalue weighted by atomic mass is 15.0. The summed E-state index contributed by atoms with van der Waals surface area (Å²) >= 11 is 0. The van der Waals surface area contributed by atoms with Gasteiger partial charge in [0, 0.05) is 30.0 Å². The molecule has 1 saturated carbocycles. The van der Waals surface area contributed by atoms with E-state index in [1.807, 2.05) is 0 Å². The summed E-state index contributed by atoms with van der Waals surface area (Å²) in [5.41, 5.74) is 6.83. The second kappa shape index (κ2) is 2.96. The van der Waals surface area contributed by atoms with Crippen LogP contribution in [0.15, 0.2) is 12.4 Å². The van der Waals surface area contributed by atoms with Crippen LogP contribution in [0.2, 0.25) is 0 Å². The maximum Gasteiger partial charge on any atom is 0.219 e. The predicted octanol–water partition coefficient (Wildman–Crippen LogP) is 0.701. The third-order valence-electron chi connectivity index (χ3n) is 2.44. The highest BCUT2D eigenvalue weighted by molar-refractivity contribution is 5.17. The molecule has 1 heterocycles. The van der Waals surface area contributed by atoms with Gasteiger partial charge in [0.1, 0.15) is 0 Å². The zero-order valence-electron chi connectivity index (χ0n) is 7.75. The number of nitrogens with two attached hydrogens (primary N) is 1. The number of hydrogen-bond donors (Lipinski definition) is 2. The standard InChI is InChI=1S/C9H14N4/c1-9(2-3-9)13-6-7-4-11-8(10)12-5-7/h4-5,13H,2-3,6H2,1H3,(H2,10,11,12). The van der Waals surface area contributed by atoms with Crippen LogP contribution in [-0.2, 0) is 6.54 Å². The van der Waals surface area contributed by atoms with Gasteiger partial charge in [0.05, 0.1) is 0 Å². The highest BCUT2D eigenvalue weighted by Gasteiger charge is 2.36. The first-order chi connectivity index (χ1) is 6.18. The van der Waals surface area contributed by atoms with Crippen molar-refractivity contribution in [3.05, 3.63) is 18.0 Å². The van der Waals surface area contributed by atoms with Crippen molar-refractivity contribution in [2.45, 2.75) is 31.8 Å². The van der Waals surface area contributed by atoms with E-state index in [2.05, 4.69) is 22.2 Å². The molecule has 1 fully saturated rings. The Balaban J connectivity index is 1.91. The first-order valence-electron chi connectivity index (χ1n) is 4.49. The monoisotopic (exact) mass is 178 g/mol. The molecule has 1 aliphatic rings. The number of hydrogen-bond acceptors (Lipinski definition) is 4. The lowest BCUT2D eigenvalue weighted by Crippen LogP contribution is -2.27. The zero-order valence-corrected chi connectivity index (χ0v) is 7.75. The van der Waals surface area contributed by atoms with E-state index in [1.165, 1.54) is 12.8 Å². The summed E-state index contributed by atoms with van der Waals surface area (Å²) < 4.78 is 0. The molecule has 0 amide bonds. The lowest BCUT2D eigenvalue weighted by Gasteiger charge is -2.10. The summed E-state index contributed by atoms with van der Waals surface area (Å²) in [6, 6.07) is 0. The SMILES string of the molecule is CC1(NCc2cnc(N)nc2)CC1. The van der Waals surface area contributed by atoms with Gasteiger partial charge < -0.3 is 11.1 Å². The second-order valence-electron chi connectivity index (χ2n) is 3.86. The molecule has 0 radical (unpaired) electrons. The molecule has 1 aliphatic carbocycles. The van der Waals surface area contributed by atoms with Crippen LogP contribution in [-0.4, -0.2) is 15.5 Å². The van der Waals surface area contributed by atoms with Crippen molar-refractivity contribution in [2.75, 3.05) is 5.73 Å². The minimum absolute atomic E-state index is 0.335. The molecule has 0 unspecified atom stereocenters. The van der Waals surface area contributed by atoms with Crippen LogP contribution in [0.25, 0.3) is 0 Å². The number of nitrogens with one attached hydrogen (secondary N) is 1. The van der Waals surface area contributed by atoms with Crippen LogP contribution < -0.4 is 11.1 Å². The van der Waals surface area contributed by atoms with Crippen molar-refractivity contribution < 1.29 is 0 Å². The molecule has 4 heteroatoms. The quantitative estimate of drug-likeness (QED) is 0.715. The van der Waals surface area contributed by atoms with Crippen LogP contribution in [0.5, 0.6) is 0 Å². The average Bonchev–Trinajstić information content (AvgIpc) is 2.84. The van der Waals surface area contributed by atoms with Crippen LogP contribution in [0, 0.1) is 0 Å².